The van der Waals surface area contributed by atoms with E-state index in [1.807, 2.05) is 13.0 Å². The molecule has 0 fully saturated rings. The van der Waals surface area contributed by atoms with Crippen LogP contribution in [0.4, 0.5) is 0 Å². The summed E-state index contributed by atoms with van der Waals surface area (Å²) < 4.78 is 6.66. The van der Waals surface area contributed by atoms with Crippen molar-refractivity contribution < 1.29 is 9.47 Å². The van der Waals surface area contributed by atoms with E-state index in [4.69, 9.17) is 4.74 Å². The van der Waals surface area contributed by atoms with Crippen LogP contribution in [-0.4, -0.2) is 7.11 Å². The molecule has 3 nitrogen and oxygen atoms in total. The summed E-state index contributed by atoms with van der Waals surface area (Å²) in [6.07, 6.45) is 3.17. The third kappa shape index (κ3) is 3.55. The van der Waals surface area contributed by atoms with Crippen LogP contribution in [0.1, 0.15) is 58.2 Å². The van der Waals surface area contributed by atoms with Gasteiger partial charge in [0, 0.05) is 22.8 Å². The second kappa shape index (κ2) is 6.12. The zero-order valence-corrected chi connectivity index (χ0v) is 16.2. The molecule has 0 amide bonds. The monoisotopic (exact) mass is 327 g/mol. The lowest BCUT2D eigenvalue weighted by molar-refractivity contribution is -0.605. The molecular weight excluding hydrogens is 298 g/mol. The number of aryl methyl sites for hydroxylation is 1. The van der Waals surface area contributed by atoms with Gasteiger partial charge in [-0.1, -0.05) is 41.5 Å². The first-order valence-corrected chi connectivity index (χ1v) is 8.38. The van der Waals surface area contributed by atoms with Gasteiger partial charge in [-0.05, 0) is 41.0 Å². The molecule has 1 aromatic carbocycles. The van der Waals surface area contributed by atoms with Gasteiger partial charge in [0.1, 0.15) is 5.75 Å². The maximum Gasteiger partial charge on any atom is 0.183 e. The Morgan fingerprint density at radius 3 is 1.83 bits per heavy atom. The predicted octanol–water partition coefficient (Wildman–Crippen LogP) is 4.90. The highest BCUT2D eigenvalue weighted by atomic mass is 16.5. The van der Waals surface area contributed by atoms with Crippen molar-refractivity contribution in [3.63, 3.8) is 0 Å². The van der Waals surface area contributed by atoms with Crippen molar-refractivity contribution in [2.45, 2.75) is 59.3 Å². The van der Waals surface area contributed by atoms with E-state index in [-0.39, 0.29) is 10.8 Å². The van der Waals surface area contributed by atoms with Crippen LogP contribution in [0.3, 0.4) is 0 Å². The molecular formula is C21H29NO2. The predicted molar refractivity (Wildman–Crippen MR) is 99.5 cm³/mol. The molecule has 0 radical (unpaired) electrons. The minimum absolute atomic E-state index is 0.0392. The fourth-order valence-electron chi connectivity index (χ4n) is 3.03. The highest BCUT2D eigenvalue weighted by molar-refractivity contribution is 5.71. The van der Waals surface area contributed by atoms with Crippen LogP contribution in [0, 0.1) is 12.1 Å². The first kappa shape index (κ1) is 18.3. The summed E-state index contributed by atoms with van der Waals surface area (Å²) in [5.41, 5.74) is 5.48. The summed E-state index contributed by atoms with van der Waals surface area (Å²) in [5.74, 6) is 0.964. The first-order valence-electron chi connectivity index (χ1n) is 8.38. The Balaban J connectivity index is 2.83. The third-order valence-electron chi connectivity index (χ3n) is 4.35. The lowest BCUT2D eigenvalue weighted by atomic mass is 9.77. The van der Waals surface area contributed by atoms with Crippen LogP contribution in [0.15, 0.2) is 30.6 Å². The van der Waals surface area contributed by atoms with Crippen molar-refractivity contribution in [1.29, 1.82) is 0 Å². The lowest BCUT2D eigenvalue weighted by Gasteiger charge is -2.30. The van der Waals surface area contributed by atoms with Gasteiger partial charge in [0.25, 0.3) is 0 Å². The van der Waals surface area contributed by atoms with Crippen LogP contribution < -0.4 is 9.47 Å². The molecule has 3 heteroatoms. The minimum atomic E-state index is -0.0392. The number of methoxy groups -OCH3 is 1. The molecule has 0 aliphatic rings. The van der Waals surface area contributed by atoms with Gasteiger partial charge in [0.05, 0.1) is 7.11 Å². The summed E-state index contributed by atoms with van der Waals surface area (Å²) in [7, 11) is 1.74. The summed E-state index contributed by atoms with van der Waals surface area (Å²) in [6, 6.07) is 6.29. The van der Waals surface area contributed by atoms with Gasteiger partial charge in [-0.3, -0.25) is 0 Å². The minimum Gasteiger partial charge on any atom is -0.619 e. The molecule has 2 aromatic rings. The fourth-order valence-corrected chi connectivity index (χ4v) is 3.03. The van der Waals surface area contributed by atoms with Gasteiger partial charge < -0.3 is 9.94 Å². The van der Waals surface area contributed by atoms with Crippen molar-refractivity contribution in [2.24, 2.45) is 0 Å². The molecule has 0 spiro atoms. The number of hydrogen-bond acceptors (Lipinski definition) is 2. The smallest absolute Gasteiger partial charge is 0.183 e. The number of hydrogen-bond donors (Lipinski definition) is 0. The van der Waals surface area contributed by atoms with Gasteiger partial charge in [-0.15, -0.1) is 0 Å². The largest absolute Gasteiger partial charge is 0.619 e. The lowest BCUT2D eigenvalue weighted by Crippen LogP contribution is -2.24. The molecule has 0 unspecified atom stereocenters. The van der Waals surface area contributed by atoms with Crippen molar-refractivity contribution >= 4 is 0 Å². The van der Waals surface area contributed by atoms with Crippen molar-refractivity contribution in [1.82, 2.24) is 0 Å². The summed E-state index contributed by atoms with van der Waals surface area (Å²) >= 11 is 0. The van der Waals surface area contributed by atoms with E-state index in [1.54, 1.807) is 19.5 Å². The molecule has 0 aliphatic heterocycles. The SMILES string of the molecule is COc1c(C(C)(C)C)cc(-c2cc[n+]([O-])cc2C)cc1C(C)(C)C. The Morgan fingerprint density at radius 2 is 1.46 bits per heavy atom. The quantitative estimate of drug-likeness (QED) is 0.581. The van der Waals surface area contributed by atoms with Crippen LogP contribution in [0.25, 0.3) is 11.1 Å². The molecule has 24 heavy (non-hydrogen) atoms. The van der Waals surface area contributed by atoms with Crippen LogP contribution in [-0.2, 0) is 10.8 Å². The van der Waals surface area contributed by atoms with Gasteiger partial charge >= 0.3 is 0 Å². The number of ether oxygens (including phenoxy) is 1. The van der Waals surface area contributed by atoms with Crippen LogP contribution in [0.5, 0.6) is 5.75 Å². The second-order valence-corrected chi connectivity index (χ2v) is 8.51. The molecule has 0 bridgehead atoms. The Labute approximate surface area is 145 Å². The summed E-state index contributed by atoms with van der Waals surface area (Å²) in [6.45, 7) is 15.2. The van der Waals surface area contributed by atoms with Gasteiger partial charge in [-0.25, -0.2) is 0 Å². The Hall–Kier alpha value is -2.03. The third-order valence-corrected chi connectivity index (χ3v) is 4.35. The maximum absolute atomic E-state index is 11.5. The van der Waals surface area contributed by atoms with E-state index in [2.05, 4.69) is 53.7 Å². The average Bonchev–Trinajstić information content (AvgIpc) is 2.44. The average molecular weight is 327 g/mol. The standard InChI is InChI=1S/C21H29NO2/c1-14-13-22(23)10-9-16(14)15-11-17(20(2,3)4)19(24-8)18(12-15)21(5,6)7/h9-13H,1-8H3. The summed E-state index contributed by atoms with van der Waals surface area (Å²) in [5, 5.41) is 11.5. The number of aromatic nitrogens is 1. The van der Waals surface area contributed by atoms with Crippen LogP contribution >= 0.6 is 0 Å². The van der Waals surface area contributed by atoms with E-state index in [9.17, 15) is 5.21 Å². The van der Waals surface area contributed by atoms with Crippen molar-refractivity contribution in [3.8, 4) is 16.9 Å². The van der Waals surface area contributed by atoms with Crippen molar-refractivity contribution in [3.05, 3.63) is 52.5 Å². The Kier molecular flexibility index (Phi) is 4.67. The van der Waals surface area contributed by atoms with E-state index in [0.29, 0.717) is 0 Å². The molecule has 130 valence electrons. The number of rotatable bonds is 2. The van der Waals surface area contributed by atoms with E-state index >= 15 is 0 Å². The van der Waals surface area contributed by atoms with Gasteiger partial charge in [0.15, 0.2) is 12.4 Å². The molecule has 1 heterocycles. The van der Waals surface area contributed by atoms with Gasteiger partial charge in [0.2, 0.25) is 0 Å². The summed E-state index contributed by atoms with van der Waals surface area (Å²) in [4.78, 5) is 0. The van der Waals surface area contributed by atoms with Crippen LogP contribution in [0.2, 0.25) is 0 Å². The molecule has 0 saturated carbocycles. The van der Waals surface area contributed by atoms with E-state index in [0.717, 1.165) is 27.2 Å². The zero-order chi connectivity index (χ0) is 18.3. The fraction of sp³-hybridized carbons (Fsp3) is 0.476. The van der Waals surface area contributed by atoms with Crippen molar-refractivity contribution in [2.75, 3.05) is 7.11 Å². The molecule has 0 aliphatic carbocycles. The topological polar surface area (TPSA) is 36.2 Å². The van der Waals surface area contributed by atoms with Gasteiger partial charge in [-0.2, -0.15) is 4.73 Å². The highest BCUT2D eigenvalue weighted by Gasteiger charge is 2.28. The van der Waals surface area contributed by atoms with E-state index < -0.39 is 0 Å². The maximum atomic E-state index is 11.5. The number of nitrogens with zero attached hydrogens (tertiary/aromatic N) is 1. The number of benzene rings is 1. The second-order valence-electron chi connectivity index (χ2n) is 8.51. The zero-order valence-electron chi connectivity index (χ0n) is 16.2. The molecule has 0 N–H and O–H groups in total. The molecule has 1 aromatic heterocycles. The molecule has 2 rings (SSSR count). The highest BCUT2D eigenvalue weighted by Crippen LogP contribution is 2.42. The molecule has 0 saturated heterocycles. The van der Waals surface area contributed by atoms with E-state index in [1.165, 1.54) is 11.1 Å². The number of pyridine rings is 1. The molecule has 0 atom stereocenters. The Morgan fingerprint density at radius 1 is 0.958 bits per heavy atom. The normalized spacial score (nSPS) is 12.3. The Bertz CT molecular complexity index is 714. The first-order chi connectivity index (χ1) is 10.9.